The van der Waals surface area contributed by atoms with Gasteiger partial charge in [0.05, 0.1) is 0 Å². The fourth-order valence-corrected chi connectivity index (χ4v) is 5.02. The molecule has 0 saturated carbocycles. The third-order valence-electron chi connectivity index (χ3n) is 6.64. The maximum Gasteiger partial charge on any atom is 0.00871 e. The van der Waals surface area contributed by atoms with Crippen molar-refractivity contribution in [2.24, 2.45) is 27.6 Å². The topological polar surface area (TPSA) is 12.0 Å². The van der Waals surface area contributed by atoms with Crippen molar-refractivity contribution < 1.29 is 0 Å². The van der Waals surface area contributed by atoms with Crippen LogP contribution in [-0.4, -0.2) is 13.1 Å². The average Bonchev–Trinajstić information content (AvgIpc) is 2.33. The standard InChI is InChI=1S/C23H49N/c1-13-14-18(2)15-23(11,16-20(4,5)6)22(9,10)17-21(7,8)19(3)24-12/h18-19,24H,13-17H2,1-12H3. The largest absolute Gasteiger partial charge is 0.317 e. The summed E-state index contributed by atoms with van der Waals surface area (Å²) in [6, 6.07) is 0.531. The zero-order valence-electron chi connectivity index (χ0n) is 19.2. The van der Waals surface area contributed by atoms with E-state index in [1.54, 1.807) is 0 Å². The van der Waals surface area contributed by atoms with Crippen molar-refractivity contribution in [2.75, 3.05) is 7.05 Å². The van der Waals surface area contributed by atoms with Crippen LogP contribution in [0.2, 0.25) is 0 Å². The van der Waals surface area contributed by atoms with Gasteiger partial charge in [0.15, 0.2) is 0 Å². The van der Waals surface area contributed by atoms with Crippen molar-refractivity contribution in [3.05, 3.63) is 0 Å². The Bertz CT molecular complexity index is 361. The van der Waals surface area contributed by atoms with Gasteiger partial charge in [0.25, 0.3) is 0 Å². The molecular weight excluding hydrogens is 290 g/mol. The van der Waals surface area contributed by atoms with Gasteiger partial charge in [-0.25, -0.2) is 0 Å². The predicted molar refractivity (Wildman–Crippen MR) is 112 cm³/mol. The van der Waals surface area contributed by atoms with E-state index in [2.05, 4.69) is 88.5 Å². The van der Waals surface area contributed by atoms with Gasteiger partial charge in [0.1, 0.15) is 0 Å². The molecule has 24 heavy (non-hydrogen) atoms. The molecule has 0 aliphatic carbocycles. The first-order valence-corrected chi connectivity index (χ1v) is 10.3. The van der Waals surface area contributed by atoms with Crippen molar-refractivity contribution in [1.29, 1.82) is 0 Å². The fourth-order valence-electron chi connectivity index (χ4n) is 5.02. The van der Waals surface area contributed by atoms with Gasteiger partial charge < -0.3 is 5.32 Å². The van der Waals surface area contributed by atoms with Crippen LogP contribution in [0.3, 0.4) is 0 Å². The smallest absolute Gasteiger partial charge is 0.00871 e. The first-order chi connectivity index (χ1) is 10.6. The van der Waals surface area contributed by atoms with Crippen molar-refractivity contribution in [3.8, 4) is 0 Å². The van der Waals surface area contributed by atoms with E-state index in [-0.39, 0.29) is 0 Å². The lowest BCUT2D eigenvalue weighted by molar-refractivity contribution is -0.0208. The molecule has 0 bridgehead atoms. The molecule has 0 aromatic heterocycles. The Kier molecular flexibility index (Phi) is 8.55. The molecule has 1 heteroatoms. The molecule has 1 N–H and O–H groups in total. The Morgan fingerprint density at radius 2 is 1.33 bits per heavy atom. The first kappa shape index (κ1) is 24.0. The van der Waals surface area contributed by atoms with Crippen molar-refractivity contribution >= 4 is 0 Å². The van der Waals surface area contributed by atoms with E-state index in [1.807, 2.05) is 0 Å². The fraction of sp³-hybridized carbons (Fsp3) is 1.00. The van der Waals surface area contributed by atoms with Gasteiger partial charge in [0.2, 0.25) is 0 Å². The van der Waals surface area contributed by atoms with Crippen LogP contribution >= 0.6 is 0 Å². The Hall–Kier alpha value is -0.0400. The molecule has 0 rings (SSSR count). The number of hydrogen-bond donors (Lipinski definition) is 1. The highest BCUT2D eigenvalue weighted by molar-refractivity contribution is 4.97. The number of rotatable bonds is 10. The normalized spacial score (nSPS) is 19.0. The average molecular weight is 340 g/mol. The van der Waals surface area contributed by atoms with E-state index in [4.69, 9.17) is 0 Å². The molecule has 0 aromatic carbocycles. The van der Waals surface area contributed by atoms with Crippen LogP contribution in [0, 0.1) is 27.6 Å². The summed E-state index contributed by atoms with van der Waals surface area (Å²) in [7, 11) is 2.09. The molecule has 0 aromatic rings. The maximum absolute atomic E-state index is 3.49. The molecule has 3 unspecified atom stereocenters. The number of hydrogen-bond acceptors (Lipinski definition) is 1. The highest BCUT2D eigenvalue weighted by Crippen LogP contribution is 2.55. The van der Waals surface area contributed by atoms with E-state index >= 15 is 0 Å². The second-order valence-corrected chi connectivity index (χ2v) is 11.5. The van der Waals surface area contributed by atoms with E-state index in [0.29, 0.717) is 27.7 Å². The second kappa shape index (κ2) is 8.56. The van der Waals surface area contributed by atoms with Gasteiger partial charge in [-0.3, -0.25) is 0 Å². The lowest BCUT2D eigenvalue weighted by atomic mass is 9.53. The highest BCUT2D eigenvalue weighted by atomic mass is 14.9. The summed E-state index contributed by atoms with van der Waals surface area (Å²) in [5, 5.41) is 3.49. The van der Waals surface area contributed by atoms with Gasteiger partial charge in [-0.05, 0) is 60.8 Å². The third kappa shape index (κ3) is 7.06. The summed E-state index contributed by atoms with van der Waals surface area (Å²) in [4.78, 5) is 0. The minimum Gasteiger partial charge on any atom is -0.317 e. The van der Waals surface area contributed by atoms with Crippen molar-refractivity contribution in [2.45, 2.75) is 114 Å². The molecular formula is C23H49N. The zero-order chi connectivity index (χ0) is 19.4. The monoisotopic (exact) mass is 339 g/mol. The van der Waals surface area contributed by atoms with Crippen LogP contribution < -0.4 is 5.32 Å². The van der Waals surface area contributed by atoms with Gasteiger partial charge in [-0.15, -0.1) is 0 Å². The van der Waals surface area contributed by atoms with Gasteiger partial charge >= 0.3 is 0 Å². The van der Waals surface area contributed by atoms with Crippen LogP contribution in [0.5, 0.6) is 0 Å². The van der Waals surface area contributed by atoms with E-state index < -0.39 is 0 Å². The molecule has 0 heterocycles. The Labute approximate surface area is 154 Å². The van der Waals surface area contributed by atoms with Crippen LogP contribution in [0.15, 0.2) is 0 Å². The molecule has 0 spiro atoms. The van der Waals surface area contributed by atoms with Crippen LogP contribution in [0.4, 0.5) is 0 Å². The maximum atomic E-state index is 3.49. The zero-order valence-corrected chi connectivity index (χ0v) is 19.2. The molecule has 0 aliphatic rings. The lowest BCUT2D eigenvalue weighted by Crippen LogP contribution is -2.46. The summed E-state index contributed by atoms with van der Waals surface area (Å²) in [5.41, 5.74) is 1.35. The van der Waals surface area contributed by atoms with Crippen molar-refractivity contribution in [1.82, 2.24) is 5.32 Å². The Morgan fingerprint density at radius 3 is 1.71 bits per heavy atom. The quantitative estimate of drug-likeness (QED) is 0.440. The minimum atomic E-state index is 0.297. The first-order valence-electron chi connectivity index (χ1n) is 10.3. The lowest BCUT2D eigenvalue weighted by Gasteiger charge is -2.52. The molecule has 1 nitrogen and oxygen atoms in total. The molecule has 0 aliphatic heterocycles. The SMILES string of the molecule is CCCC(C)CC(C)(CC(C)(C)C)C(C)(C)CC(C)(C)C(C)NC. The van der Waals surface area contributed by atoms with Crippen LogP contribution in [0.25, 0.3) is 0 Å². The summed E-state index contributed by atoms with van der Waals surface area (Å²) >= 11 is 0. The highest BCUT2D eigenvalue weighted by Gasteiger charge is 2.46. The van der Waals surface area contributed by atoms with Gasteiger partial charge in [-0.1, -0.05) is 82.1 Å². The third-order valence-corrected chi connectivity index (χ3v) is 6.64. The van der Waals surface area contributed by atoms with Crippen LogP contribution in [0.1, 0.15) is 108 Å². The number of nitrogens with one attached hydrogen (secondary N) is 1. The Morgan fingerprint density at radius 1 is 0.833 bits per heavy atom. The molecule has 0 saturated heterocycles. The summed E-state index contributed by atoms with van der Waals surface area (Å²) < 4.78 is 0. The van der Waals surface area contributed by atoms with Crippen molar-refractivity contribution in [3.63, 3.8) is 0 Å². The van der Waals surface area contributed by atoms with E-state index in [9.17, 15) is 0 Å². The summed E-state index contributed by atoms with van der Waals surface area (Å²) in [6.45, 7) is 26.8. The second-order valence-electron chi connectivity index (χ2n) is 11.5. The molecule has 0 amide bonds. The molecule has 0 fully saturated rings. The molecule has 146 valence electrons. The molecule has 3 atom stereocenters. The predicted octanol–water partition coefficient (Wildman–Crippen LogP) is 7.31. The van der Waals surface area contributed by atoms with E-state index in [1.165, 1.54) is 32.1 Å². The molecule has 0 radical (unpaired) electrons. The van der Waals surface area contributed by atoms with E-state index in [0.717, 1.165) is 5.92 Å². The summed E-state index contributed by atoms with van der Waals surface area (Å²) in [6.07, 6.45) is 6.55. The minimum absolute atomic E-state index is 0.297. The van der Waals surface area contributed by atoms with Gasteiger partial charge in [-0.2, -0.15) is 0 Å². The summed E-state index contributed by atoms with van der Waals surface area (Å²) in [5.74, 6) is 0.812. The Balaban J connectivity index is 5.58. The van der Waals surface area contributed by atoms with Crippen LogP contribution in [-0.2, 0) is 0 Å². The van der Waals surface area contributed by atoms with Gasteiger partial charge in [0, 0.05) is 6.04 Å².